The molecule has 3 aromatic rings. The van der Waals surface area contributed by atoms with Crippen molar-refractivity contribution in [1.29, 1.82) is 0 Å². The third-order valence-electron chi connectivity index (χ3n) is 6.30. The zero-order valence-corrected chi connectivity index (χ0v) is 18.3. The van der Waals surface area contributed by atoms with E-state index >= 15 is 0 Å². The van der Waals surface area contributed by atoms with E-state index in [0.29, 0.717) is 6.42 Å². The largest absolute Gasteiger partial charge is 0.393 e. The van der Waals surface area contributed by atoms with E-state index in [-0.39, 0.29) is 17.8 Å². The molecule has 4 heteroatoms. The molecule has 2 heterocycles. The van der Waals surface area contributed by atoms with Crippen LogP contribution in [0.5, 0.6) is 0 Å². The highest BCUT2D eigenvalue weighted by atomic mass is 16.3. The number of Topliss-reactive ketones (excluding diaryl/α,β-unsaturated/α-hetero) is 1. The first-order valence-electron chi connectivity index (χ1n) is 11.1. The minimum Gasteiger partial charge on any atom is -0.393 e. The van der Waals surface area contributed by atoms with Gasteiger partial charge in [-0.15, -0.1) is 0 Å². The van der Waals surface area contributed by atoms with Gasteiger partial charge in [0, 0.05) is 48.6 Å². The summed E-state index contributed by atoms with van der Waals surface area (Å²) in [6, 6.07) is 20.6. The Balaban J connectivity index is 1.61. The summed E-state index contributed by atoms with van der Waals surface area (Å²) >= 11 is 0. The molecular formula is C27H30N2O2. The topological polar surface area (TPSA) is 53.4 Å². The Morgan fingerprint density at radius 1 is 1.06 bits per heavy atom. The Labute approximate surface area is 184 Å². The maximum atomic E-state index is 13.2. The molecule has 1 aliphatic rings. The van der Waals surface area contributed by atoms with Crippen LogP contribution in [-0.2, 0) is 0 Å². The summed E-state index contributed by atoms with van der Waals surface area (Å²) in [5, 5.41) is 9.78. The monoisotopic (exact) mass is 414 g/mol. The van der Waals surface area contributed by atoms with E-state index in [4.69, 9.17) is 0 Å². The number of aliphatic hydroxyl groups is 1. The van der Waals surface area contributed by atoms with Crippen molar-refractivity contribution in [3.05, 3.63) is 94.8 Å². The van der Waals surface area contributed by atoms with Gasteiger partial charge >= 0.3 is 0 Å². The number of hydrogen-bond donors (Lipinski definition) is 1. The van der Waals surface area contributed by atoms with Gasteiger partial charge in [-0.1, -0.05) is 36.4 Å². The number of nitrogens with zero attached hydrogens (tertiary/aromatic N) is 2. The SMILES string of the molecule is Cc1cc(C(=O)CC(c2ccc(N3CCC(O)CC3)cc2)c2ccccc2C)ccn1. The number of piperidine rings is 1. The fourth-order valence-electron chi connectivity index (χ4n) is 4.45. The summed E-state index contributed by atoms with van der Waals surface area (Å²) in [5.74, 6) is 0.132. The third kappa shape index (κ3) is 5.02. The number of benzene rings is 2. The lowest BCUT2D eigenvalue weighted by molar-refractivity contribution is 0.0977. The van der Waals surface area contributed by atoms with Gasteiger partial charge in [-0.2, -0.15) is 0 Å². The molecule has 4 rings (SSSR count). The molecule has 0 saturated carbocycles. The average Bonchev–Trinajstić information content (AvgIpc) is 2.79. The van der Waals surface area contributed by atoms with Gasteiger partial charge in [0.05, 0.1) is 6.10 Å². The van der Waals surface area contributed by atoms with Crippen LogP contribution in [-0.4, -0.2) is 35.1 Å². The molecule has 160 valence electrons. The number of hydrogen-bond acceptors (Lipinski definition) is 4. The molecular weight excluding hydrogens is 384 g/mol. The number of carbonyl (C=O) groups is 1. The summed E-state index contributed by atoms with van der Waals surface area (Å²) in [6.07, 6.45) is 3.57. The van der Waals surface area contributed by atoms with Crippen molar-refractivity contribution < 1.29 is 9.90 Å². The Morgan fingerprint density at radius 3 is 2.45 bits per heavy atom. The highest BCUT2D eigenvalue weighted by Gasteiger charge is 2.22. The second kappa shape index (κ2) is 9.44. The van der Waals surface area contributed by atoms with E-state index in [0.717, 1.165) is 42.8 Å². The van der Waals surface area contributed by atoms with Gasteiger partial charge in [-0.25, -0.2) is 0 Å². The van der Waals surface area contributed by atoms with Crippen molar-refractivity contribution in [1.82, 2.24) is 4.98 Å². The lowest BCUT2D eigenvalue weighted by Gasteiger charge is -2.31. The zero-order valence-electron chi connectivity index (χ0n) is 18.3. The number of pyridine rings is 1. The normalized spacial score (nSPS) is 15.6. The van der Waals surface area contributed by atoms with E-state index in [1.54, 1.807) is 12.3 Å². The van der Waals surface area contributed by atoms with Crippen molar-refractivity contribution in [2.24, 2.45) is 0 Å². The molecule has 1 fully saturated rings. The molecule has 0 aliphatic carbocycles. The summed E-state index contributed by atoms with van der Waals surface area (Å²) in [7, 11) is 0. The van der Waals surface area contributed by atoms with E-state index in [1.807, 2.05) is 25.1 Å². The van der Waals surface area contributed by atoms with Crippen LogP contribution in [0.15, 0.2) is 66.9 Å². The first-order chi connectivity index (χ1) is 15.0. The molecule has 0 amide bonds. The minimum absolute atomic E-state index is 0.000556. The maximum Gasteiger partial charge on any atom is 0.163 e. The van der Waals surface area contributed by atoms with Crippen LogP contribution in [0.4, 0.5) is 5.69 Å². The molecule has 0 bridgehead atoms. The molecule has 1 aromatic heterocycles. The van der Waals surface area contributed by atoms with Crippen LogP contribution in [0.3, 0.4) is 0 Å². The molecule has 4 nitrogen and oxygen atoms in total. The fourth-order valence-corrected chi connectivity index (χ4v) is 4.45. The van der Waals surface area contributed by atoms with Crippen LogP contribution in [0, 0.1) is 13.8 Å². The summed E-state index contributed by atoms with van der Waals surface area (Å²) < 4.78 is 0. The van der Waals surface area contributed by atoms with Crippen molar-refractivity contribution in [3.63, 3.8) is 0 Å². The second-order valence-corrected chi connectivity index (χ2v) is 8.53. The molecule has 31 heavy (non-hydrogen) atoms. The molecule has 0 radical (unpaired) electrons. The number of anilines is 1. The van der Waals surface area contributed by atoms with Crippen molar-refractivity contribution >= 4 is 11.5 Å². The molecule has 1 unspecified atom stereocenters. The highest BCUT2D eigenvalue weighted by Crippen LogP contribution is 2.33. The van der Waals surface area contributed by atoms with Gasteiger partial charge in [0.15, 0.2) is 5.78 Å². The van der Waals surface area contributed by atoms with Crippen LogP contribution in [0.25, 0.3) is 0 Å². The van der Waals surface area contributed by atoms with Gasteiger partial charge in [-0.3, -0.25) is 9.78 Å². The minimum atomic E-state index is -0.177. The van der Waals surface area contributed by atoms with Crippen molar-refractivity contribution in [2.45, 2.75) is 45.1 Å². The van der Waals surface area contributed by atoms with Gasteiger partial charge < -0.3 is 10.0 Å². The number of ketones is 1. The first-order valence-corrected chi connectivity index (χ1v) is 11.1. The number of rotatable bonds is 6. The molecule has 1 aliphatic heterocycles. The predicted octanol–water partition coefficient (Wildman–Crippen LogP) is 5.06. The van der Waals surface area contributed by atoms with Crippen molar-refractivity contribution in [3.8, 4) is 0 Å². The third-order valence-corrected chi connectivity index (χ3v) is 6.30. The summed E-state index contributed by atoms with van der Waals surface area (Å²) in [5.41, 5.74) is 6.28. The number of aryl methyl sites for hydroxylation is 2. The van der Waals surface area contributed by atoms with E-state index in [9.17, 15) is 9.90 Å². The lowest BCUT2D eigenvalue weighted by atomic mass is 9.83. The summed E-state index contributed by atoms with van der Waals surface area (Å²) in [6.45, 7) is 5.77. The molecule has 1 saturated heterocycles. The smallest absolute Gasteiger partial charge is 0.163 e. The first kappa shape index (κ1) is 21.3. The Hall–Kier alpha value is -2.98. The van der Waals surface area contributed by atoms with E-state index < -0.39 is 0 Å². The van der Waals surface area contributed by atoms with Crippen molar-refractivity contribution in [2.75, 3.05) is 18.0 Å². The molecule has 2 aromatic carbocycles. The molecule has 0 spiro atoms. The maximum absolute atomic E-state index is 13.2. The van der Waals surface area contributed by atoms with Gasteiger partial charge in [0.25, 0.3) is 0 Å². The average molecular weight is 415 g/mol. The van der Waals surface area contributed by atoms with Crippen LogP contribution < -0.4 is 4.90 Å². The van der Waals surface area contributed by atoms with Gasteiger partial charge in [0.2, 0.25) is 0 Å². The van der Waals surface area contributed by atoms with Gasteiger partial charge in [0.1, 0.15) is 0 Å². The Morgan fingerprint density at radius 2 is 1.77 bits per heavy atom. The summed E-state index contributed by atoms with van der Waals surface area (Å²) in [4.78, 5) is 19.7. The Bertz CT molecular complexity index is 1040. The number of aromatic nitrogens is 1. The second-order valence-electron chi connectivity index (χ2n) is 8.53. The number of aliphatic hydroxyl groups excluding tert-OH is 1. The van der Waals surface area contributed by atoms with Crippen LogP contribution in [0.2, 0.25) is 0 Å². The Kier molecular flexibility index (Phi) is 6.47. The molecule has 1 atom stereocenters. The number of carbonyl (C=O) groups excluding carboxylic acids is 1. The lowest BCUT2D eigenvalue weighted by Crippen LogP contribution is -2.35. The van der Waals surface area contributed by atoms with Crippen LogP contribution >= 0.6 is 0 Å². The van der Waals surface area contributed by atoms with E-state index in [2.05, 4.69) is 53.2 Å². The molecule has 1 N–H and O–H groups in total. The highest BCUT2D eigenvalue weighted by molar-refractivity contribution is 5.96. The van der Waals surface area contributed by atoms with E-state index in [1.165, 1.54) is 16.8 Å². The fraction of sp³-hybridized carbons (Fsp3) is 0.333. The zero-order chi connectivity index (χ0) is 21.8. The standard InChI is InChI=1S/C27H30N2O2/c1-19-5-3-4-6-25(19)26(18-27(31)22-11-14-28-20(2)17-22)21-7-9-23(10-8-21)29-15-12-24(30)13-16-29/h3-11,14,17,24,26,30H,12-13,15-16,18H2,1-2H3. The van der Waals surface area contributed by atoms with Gasteiger partial charge in [-0.05, 0) is 67.6 Å². The predicted molar refractivity (Wildman–Crippen MR) is 125 cm³/mol. The quantitative estimate of drug-likeness (QED) is 0.573. The van der Waals surface area contributed by atoms with Crippen LogP contribution in [0.1, 0.15) is 57.9 Å².